The minimum absolute atomic E-state index is 0.0294. The van der Waals surface area contributed by atoms with E-state index >= 15 is 0 Å². The molecule has 2 heterocycles. The van der Waals surface area contributed by atoms with E-state index in [1.54, 1.807) is 34.1 Å². The van der Waals surface area contributed by atoms with Crippen LogP contribution in [0.15, 0.2) is 36.4 Å². The Morgan fingerprint density at radius 3 is 2.81 bits per heavy atom. The van der Waals surface area contributed by atoms with Gasteiger partial charge in [0.25, 0.3) is 5.91 Å². The van der Waals surface area contributed by atoms with Gasteiger partial charge in [0.1, 0.15) is 23.9 Å². The number of anilines is 1. The number of aryl methyl sites for hydroxylation is 1. The molecule has 1 atom stereocenters. The minimum Gasteiger partial charge on any atom is -0.497 e. The number of nitrogens with one attached hydrogen (secondary N) is 2. The Labute approximate surface area is 215 Å². The molecule has 0 saturated carbocycles. The van der Waals surface area contributed by atoms with Crippen LogP contribution in [0.1, 0.15) is 35.7 Å². The van der Waals surface area contributed by atoms with E-state index in [2.05, 4.69) is 10.6 Å². The quantitative estimate of drug-likeness (QED) is 0.654. The van der Waals surface area contributed by atoms with E-state index in [-0.39, 0.29) is 55.8 Å². The van der Waals surface area contributed by atoms with E-state index in [1.165, 1.54) is 19.2 Å². The SMILES string of the molecule is COc1ccc2c(c1)OCCNC(=O)CN(CC(=O)N1c3ccc(F)cc3CCC1C)CCCNC2=O. The van der Waals surface area contributed by atoms with E-state index in [0.717, 1.165) is 17.7 Å². The molecule has 9 nitrogen and oxygen atoms in total. The van der Waals surface area contributed by atoms with Crippen LogP contribution >= 0.6 is 0 Å². The molecular weight excluding hydrogens is 479 g/mol. The number of hydrogen-bond donors (Lipinski definition) is 2. The average Bonchev–Trinajstić information content (AvgIpc) is 2.88. The van der Waals surface area contributed by atoms with Crippen LogP contribution in [0.4, 0.5) is 10.1 Å². The molecule has 0 fully saturated rings. The monoisotopic (exact) mass is 512 g/mol. The maximum Gasteiger partial charge on any atom is 0.255 e. The summed E-state index contributed by atoms with van der Waals surface area (Å²) in [5, 5.41) is 5.70. The van der Waals surface area contributed by atoms with E-state index in [4.69, 9.17) is 9.47 Å². The summed E-state index contributed by atoms with van der Waals surface area (Å²) in [6.45, 7) is 3.23. The molecule has 2 aliphatic heterocycles. The molecule has 2 aliphatic rings. The predicted molar refractivity (Wildman–Crippen MR) is 137 cm³/mol. The molecule has 37 heavy (non-hydrogen) atoms. The molecule has 0 saturated heterocycles. The minimum atomic E-state index is -0.319. The van der Waals surface area contributed by atoms with Crippen molar-refractivity contribution in [3.63, 3.8) is 0 Å². The number of methoxy groups -OCH3 is 1. The number of rotatable bonds is 3. The van der Waals surface area contributed by atoms with Crippen molar-refractivity contribution in [2.24, 2.45) is 0 Å². The second-order valence-electron chi connectivity index (χ2n) is 9.31. The first-order valence-corrected chi connectivity index (χ1v) is 12.5. The van der Waals surface area contributed by atoms with Crippen molar-refractivity contribution in [3.05, 3.63) is 53.3 Å². The smallest absolute Gasteiger partial charge is 0.255 e. The Bertz CT molecular complexity index is 1160. The fourth-order valence-electron chi connectivity index (χ4n) is 4.73. The lowest BCUT2D eigenvalue weighted by molar-refractivity contribution is -0.124. The molecule has 0 spiro atoms. The molecule has 0 aliphatic carbocycles. The fraction of sp³-hybridized carbons (Fsp3) is 0.444. The van der Waals surface area contributed by atoms with Gasteiger partial charge in [0.05, 0.1) is 32.3 Å². The zero-order chi connectivity index (χ0) is 26.4. The van der Waals surface area contributed by atoms with Crippen molar-refractivity contribution in [1.82, 2.24) is 15.5 Å². The van der Waals surface area contributed by atoms with Gasteiger partial charge in [0, 0.05) is 30.9 Å². The molecule has 0 radical (unpaired) electrons. The highest BCUT2D eigenvalue weighted by atomic mass is 19.1. The number of amides is 3. The number of carbonyl (C=O) groups excluding carboxylic acids is 3. The topological polar surface area (TPSA) is 100 Å². The zero-order valence-corrected chi connectivity index (χ0v) is 21.2. The van der Waals surface area contributed by atoms with E-state index < -0.39 is 0 Å². The zero-order valence-electron chi connectivity index (χ0n) is 21.2. The van der Waals surface area contributed by atoms with Gasteiger partial charge in [-0.1, -0.05) is 0 Å². The van der Waals surface area contributed by atoms with E-state index in [0.29, 0.717) is 43.0 Å². The summed E-state index contributed by atoms with van der Waals surface area (Å²) in [4.78, 5) is 42.3. The van der Waals surface area contributed by atoms with Gasteiger partial charge in [0.2, 0.25) is 11.8 Å². The molecule has 4 rings (SSSR count). The Morgan fingerprint density at radius 2 is 2.00 bits per heavy atom. The normalized spacial score (nSPS) is 19.4. The molecule has 2 aromatic carbocycles. The molecule has 10 heteroatoms. The second-order valence-corrected chi connectivity index (χ2v) is 9.31. The van der Waals surface area contributed by atoms with Gasteiger partial charge in [-0.25, -0.2) is 4.39 Å². The standard InChI is InChI=1S/C27H33FN4O5/c1-18-4-5-19-14-20(28)6-9-23(19)32(18)26(34)17-31-12-3-10-30-27(35)22-8-7-21(36-2)15-24(22)37-13-11-29-25(33)16-31/h6-9,14-15,18H,3-5,10-13,16-17H2,1-2H3,(H,29,33)(H,30,35). The Hall–Kier alpha value is -3.66. The lowest BCUT2D eigenvalue weighted by Gasteiger charge is -2.36. The first kappa shape index (κ1) is 26.4. The molecule has 2 N–H and O–H groups in total. The highest BCUT2D eigenvalue weighted by Gasteiger charge is 2.30. The average molecular weight is 513 g/mol. The number of benzene rings is 2. The molecule has 0 bridgehead atoms. The molecular formula is C27H33FN4O5. The van der Waals surface area contributed by atoms with Gasteiger partial charge >= 0.3 is 0 Å². The Balaban J connectivity index is 1.45. The van der Waals surface area contributed by atoms with Crippen LogP contribution < -0.4 is 25.0 Å². The van der Waals surface area contributed by atoms with Gasteiger partial charge in [-0.15, -0.1) is 0 Å². The van der Waals surface area contributed by atoms with Gasteiger partial charge in [0.15, 0.2) is 0 Å². The van der Waals surface area contributed by atoms with Crippen molar-refractivity contribution in [2.45, 2.75) is 32.2 Å². The van der Waals surface area contributed by atoms with Gasteiger partial charge in [-0.05, 0) is 62.1 Å². The molecule has 2 aromatic rings. The van der Waals surface area contributed by atoms with Gasteiger partial charge < -0.3 is 25.0 Å². The third kappa shape index (κ3) is 6.56. The molecule has 1 unspecified atom stereocenters. The van der Waals surface area contributed by atoms with Crippen LogP contribution in [0.2, 0.25) is 0 Å². The number of halogens is 1. The van der Waals surface area contributed by atoms with Gasteiger partial charge in [-0.2, -0.15) is 0 Å². The van der Waals surface area contributed by atoms with E-state index in [9.17, 15) is 18.8 Å². The lowest BCUT2D eigenvalue weighted by atomic mass is 9.96. The number of ether oxygens (including phenoxy) is 2. The summed E-state index contributed by atoms with van der Waals surface area (Å²) in [5.74, 6) is -0.0203. The molecule has 0 aromatic heterocycles. The Kier molecular flexibility index (Phi) is 8.60. The van der Waals surface area contributed by atoms with E-state index in [1.807, 2.05) is 6.92 Å². The van der Waals surface area contributed by atoms with Crippen LogP contribution in [-0.4, -0.2) is 75.1 Å². The molecule has 3 amide bonds. The lowest BCUT2D eigenvalue weighted by Crippen LogP contribution is -2.49. The van der Waals surface area contributed by atoms with Crippen LogP contribution in [0.3, 0.4) is 0 Å². The number of nitrogens with zero attached hydrogens (tertiary/aromatic N) is 2. The van der Waals surface area contributed by atoms with Crippen LogP contribution in [0.25, 0.3) is 0 Å². The third-order valence-electron chi connectivity index (χ3n) is 6.62. The third-order valence-corrected chi connectivity index (χ3v) is 6.62. The van der Waals surface area contributed by atoms with Crippen molar-refractivity contribution in [2.75, 3.05) is 51.3 Å². The maximum atomic E-state index is 13.8. The summed E-state index contributed by atoms with van der Waals surface area (Å²) in [6.07, 6.45) is 1.99. The summed E-state index contributed by atoms with van der Waals surface area (Å²) >= 11 is 0. The molecule has 198 valence electrons. The number of fused-ring (bicyclic) bond motifs is 2. The van der Waals surface area contributed by atoms with Crippen LogP contribution in [-0.2, 0) is 16.0 Å². The summed E-state index contributed by atoms with van der Waals surface area (Å²) < 4.78 is 24.7. The highest BCUT2D eigenvalue weighted by molar-refractivity contribution is 5.97. The van der Waals surface area contributed by atoms with Crippen LogP contribution in [0, 0.1) is 5.82 Å². The van der Waals surface area contributed by atoms with Crippen molar-refractivity contribution >= 4 is 23.4 Å². The predicted octanol–water partition coefficient (Wildman–Crippen LogP) is 2.13. The Morgan fingerprint density at radius 1 is 1.16 bits per heavy atom. The fourth-order valence-corrected chi connectivity index (χ4v) is 4.73. The van der Waals surface area contributed by atoms with Gasteiger partial charge in [-0.3, -0.25) is 19.3 Å². The first-order chi connectivity index (χ1) is 17.9. The highest BCUT2D eigenvalue weighted by Crippen LogP contribution is 2.31. The summed E-state index contributed by atoms with van der Waals surface area (Å²) in [5.41, 5.74) is 1.91. The number of hydrogen-bond acceptors (Lipinski definition) is 6. The summed E-state index contributed by atoms with van der Waals surface area (Å²) in [6, 6.07) is 9.44. The largest absolute Gasteiger partial charge is 0.497 e. The van der Waals surface area contributed by atoms with Crippen molar-refractivity contribution in [1.29, 1.82) is 0 Å². The number of carbonyl (C=O) groups is 3. The first-order valence-electron chi connectivity index (χ1n) is 12.5. The van der Waals surface area contributed by atoms with Crippen molar-refractivity contribution < 1.29 is 28.2 Å². The summed E-state index contributed by atoms with van der Waals surface area (Å²) in [7, 11) is 1.53. The second kappa shape index (κ2) is 12.1. The van der Waals surface area contributed by atoms with Crippen LogP contribution in [0.5, 0.6) is 11.5 Å². The maximum absolute atomic E-state index is 13.8. The van der Waals surface area contributed by atoms with Crippen molar-refractivity contribution in [3.8, 4) is 11.5 Å².